The summed E-state index contributed by atoms with van der Waals surface area (Å²) in [5.74, 6) is 0.175. The van der Waals surface area contributed by atoms with Gasteiger partial charge >= 0.3 is 0 Å². The molecule has 0 radical (unpaired) electrons. The summed E-state index contributed by atoms with van der Waals surface area (Å²) in [5.41, 5.74) is 2.86. The fraction of sp³-hybridized carbons (Fsp3) is 0.611. The smallest absolute Gasteiger partial charge is 0.220 e. The zero-order valence-electron chi connectivity index (χ0n) is 13.4. The van der Waals surface area contributed by atoms with E-state index in [4.69, 9.17) is 0 Å². The zero-order valence-corrected chi connectivity index (χ0v) is 13.4. The number of hydrogen-bond acceptors (Lipinski definition) is 2. The topological polar surface area (TPSA) is 41.1 Å². The number of rotatable bonds is 6. The van der Waals surface area contributed by atoms with E-state index in [1.165, 1.54) is 11.1 Å². The zero-order chi connectivity index (χ0) is 15.1. The number of aryl methyl sites for hydroxylation is 2. The van der Waals surface area contributed by atoms with E-state index in [1.54, 1.807) is 0 Å². The number of carbonyl (C=O) groups is 1. The van der Waals surface area contributed by atoms with Gasteiger partial charge in [0.1, 0.15) is 0 Å². The summed E-state index contributed by atoms with van der Waals surface area (Å²) >= 11 is 0. The molecule has 2 N–H and O–H groups in total. The van der Waals surface area contributed by atoms with Crippen molar-refractivity contribution < 1.29 is 4.79 Å². The average Bonchev–Trinajstić information content (AvgIpc) is 2.52. The second kappa shape index (κ2) is 7.60. The first-order valence-corrected chi connectivity index (χ1v) is 8.16. The first-order chi connectivity index (χ1) is 10.1. The second-order valence-electron chi connectivity index (χ2n) is 6.51. The van der Waals surface area contributed by atoms with Crippen LogP contribution in [0, 0.1) is 5.41 Å². The minimum absolute atomic E-state index is 0.175. The van der Waals surface area contributed by atoms with Gasteiger partial charge in [0.15, 0.2) is 0 Å². The summed E-state index contributed by atoms with van der Waals surface area (Å²) in [6.45, 7) is 7.37. The van der Waals surface area contributed by atoms with Crippen molar-refractivity contribution in [3.63, 3.8) is 0 Å². The number of nitrogens with one attached hydrogen (secondary N) is 2. The van der Waals surface area contributed by atoms with Crippen LogP contribution < -0.4 is 10.6 Å². The summed E-state index contributed by atoms with van der Waals surface area (Å²) < 4.78 is 0. The molecular formula is C18H28N2O. The van der Waals surface area contributed by atoms with Gasteiger partial charge < -0.3 is 10.6 Å². The summed E-state index contributed by atoms with van der Waals surface area (Å²) in [7, 11) is 0. The van der Waals surface area contributed by atoms with Crippen LogP contribution in [-0.2, 0) is 17.6 Å². The van der Waals surface area contributed by atoms with E-state index >= 15 is 0 Å². The molecule has 0 bridgehead atoms. The molecule has 3 heteroatoms. The lowest BCUT2D eigenvalue weighted by Crippen LogP contribution is -2.42. The Hall–Kier alpha value is -1.35. The van der Waals surface area contributed by atoms with Crippen molar-refractivity contribution in [3.8, 4) is 0 Å². The van der Waals surface area contributed by atoms with E-state index in [9.17, 15) is 4.79 Å². The minimum atomic E-state index is 0.175. The van der Waals surface area contributed by atoms with Gasteiger partial charge in [-0.05, 0) is 55.3 Å². The summed E-state index contributed by atoms with van der Waals surface area (Å²) in [6, 6.07) is 8.59. The van der Waals surface area contributed by atoms with Crippen molar-refractivity contribution in [2.24, 2.45) is 5.41 Å². The number of amides is 1. The van der Waals surface area contributed by atoms with Crippen molar-refractivity contribution in [1.29, 1.82) is 0 Å². The Morgan fingerprint density at radius 1 is 1.19 bits per heavy atom. The van der Waals surface area contributed by atoms with Gasteiger partial charge in [-0.2, -0.15) is 0 Å². The fourth-order valence-electron chi connectivity index (χ4n) is 2.81. The average molecular weight is 288 g/mol. The first kappa shape index (κ1) is 16.0. The molecule has 21 heavy (non-hydrogen) atoms. The third-order valence-corrected chi connectivity index (χ3v) is 4.59. The van der Waals surface area contributed by atoms with Crippen molar-refractivity contribution in [2.75, 3.05) is 19.6 Å². The van der Waals surface area contributed by atoms with Crippen LogP contribution in [0.2, 0.25) is 0 Å². The third kappa shape index (κ3) is 5.16. The molecule has 1 aromatic carbocycles. The lowest BCUT2D eigenvalue weighted by Gasteiger charge is -2.34. The van der Waals surface area contributed by atoms with Gasteiger partial charge in [0.2, 0.25) is 5.91 Å². The van der Waals surface area contributed by atoms with Gasteiger partial charge in [0.05, 0.1) is 0 Å². The number of piperidine rings is 1. The van der Waals surface area contributed by atoms with Gasteiger partial charge in [0.25, 0.3) is 0 Å². The van der Waals surface area contributed by atoms with E-state index in [-0.39, 0.29) is 11.3 Å². The molecule has 0 saturated carbocycles. The van der Waals surface area contributed by atoms with Crippen LogP contribution in [0.15, 0.2) is 24.3 Å². The highest BCUT2D eigenvalue weighted by molar-refractivity contribution is 5.76. The highest BCUT2D eigenvalue weighted by Crippen LogP contribution is 2.26. The molecule has 3 nitrogen and oxygen atoms in total. The maximum absolute atomic E-state index is 12.0. The van der Waals surface area contributed by atoms with Crippen LogP contribution >= 0.6 is 0 Å². The molecule has 2 rings (SSSR count). The summed E-state index contributed by atoms with van der Waals surface area (Å²) in [4.78, 5) is 12.0. The van der Waals surface area contributed by atoms with E-state index in [0.29, 0.717) is 6.42 Å². The van der Waals surface area contributed by atoms with Crippen LogP contribution in [-0.4, -0.2) is 25.5 Å². The van der Waals surface area contributed by atoms with Gasteiger partial charge in [-0.25, -0.2) is 0 Å². The maximum atomic E-state index is 12.0. The van der Waals surface area contributed by atoms with Gasteiger partial charge in [-0.1, -0.05) is 38.1 Å². The molecule has 116 valence electrons. The fourth-order valence-corrected chi connectivity index (χ4v) is 2.81. The number of carbonyl (C=O) groups excluding carboxylic acids is 1. The van der Waals surface area contributed by atoms with Crippen LogP contribution in [0.25, 0.3) is 0 Å². The Bertz CT molecular complexity index is 447. The molecule has 0 aromatic heterocycles. The molecule has 1 heterocycles. The van der Waals surface area contributed by atoms with E-state index < -0.39 is 0 Å². The summed E-state index contributed by atoms with van der Waals surface area (Å²) in [6.07, 6.45) is 4.76. The number of benzene rings is 1. The monoisotopic (exact) mass is 288 g/mol. The molecule has 0 aliphatic carbocycles. The van der Waals surface area contributed by atoms with Gasteiger partial charge in [0, 0.05) is 13.0 Å². The first-order valence-electron chi connectivity index (χ1n) is 8.16. The van der Waals surface area contributed by atoms with E-state index in [2.05, 4.69) is 48.7 Å². The van der Waals surface area contributed by atoms with Crippen LogP contribution in [0.3, 0.4) is 0 Å². The highest BCUT2D eigenvalue weighted by Gasteiger charge is 2.26. The predicted octanol–water partition coefficient (Wildman–Crippen LogP) is 2.69. The van der Waals surface area contributed by atoms with Crippen LogP contribution in [0.5, 0.6) is 0 Å². The van der Waals surface area contributed by atoms with Crippen LogP contribution in [0.4, 0.5) is 0 Å². The molecule has 0 unspecified atom stereocenters. The highest BCUT2D eigenvalue weighted by atomic mass is 16.1. The Balaban J connectivity index is 1.71. The van der Waals surface area contributed by atoms with E-state index in [1.807, 2.05) is 0 Å². The second-order valence-corrected chi connectivity index (χ2v) is 6.51. The molecule has 1 aliphatic rings. The maximum Gasteiger partial charge on any atom is 0.220 e. The molecule has 1 amide bonds. The Morgan fingerprint density at radius 3 is 2.43 bits per heavy atom. The third-order valence-electron chi connectivity index (χ3n) is 4.59. The Labute approximate surface area is 128 Å². The molecule has 1 saturated heterocycles. The molecule has 1 aliphatic heterocycles. The van der Waals surface area contributed by atoms with Gasteiger partial charge in [-0.3, -0.25) is 4.79 Å². The number of hydrogen-bond donors (Lipinski definition) is 2. The lowest BCUT2D eigenvalue weighted by atomic mass is 9.81. The van der Waals surface area contributed by atoms with Gasteiger partial charge in [-0.15, -0.1) is 0 Å². The summed E-state index contributed by atoms with van der Waals surface area (Å²) in [5, 5.41) is 6.49. The molecule has 1 aromatic rings. The Kier molecular flexibility index (Phi) is 5.80. The Morgan fingerprint density at radius 2 is 1.81 bits per heavy atom. The van der Waals surface area contributed by atoms with E-state index in [0.717, 1.165) is 45.3 Å². The van der Waals surface area contributed by atoms with Crippen molar-refractivity contribution in [2.45, 2.75) is 46.0 Å². The molecular weight excluding hydrogens is 260 g/mol. The quantitative estimate of drug-likeness (QED) is 0.845. The predicted molar refractivity (Wildman–Crippen MR) is 87.4 cm³/mol. The molecule has 1 fully saturated rings. The SMILES string of the molecule is CCc1ccc(CCC(=O)NCC2(C)CCNCC2)cc1. The normalized spacial score (nSPS) is 17.4. The van der Waals surface area contributed by atoms with Crippen molar-refractivity contribution in [1.82, 2.24) is 10.6 Å². The lowest BCUT2D eigenvalue weighted by molar-refractivity contribution is -0.121. The largest absolute Gasteiger partial charge is 0.356 e. The molecule has 0 spiro atoms. The van der Waals surface area contributed by atoms with Crippen molar-refractivity contribution >= 4 is 5.91 Å². The van der Waals surface area contributed by atoms with Crippen molar-refractivity contribution in [3.05, 3.63) is 35.4 Å². The van der Waals surface area contributed by atoms with Crippen LogP contribution in [0.1, 0.15) is 44.2 Å². The minimum Gasteiger partial charge on any atom is -0.356 e. The standard InChI is InChI=1S/C18H28N2O/c1-3-15-4-6-16(7-5-15)8-9-17(21)20-14-18(2)10-12-19-13-11-18/h4-7,19H,3,8-14H2,1-2H3,(H,20,21). The molecule has 0 atom stereocenters.